The maximum atomic E-state index is 12.3. The predicted octanol–water partition coefficient (Wildman–Crippen LogP) is 1.73. The van der Waals surface area contributed by atoms with Crippen LogP contribution in [0.15, 0.2) is 0 Å². The lowest BCUT2D eigenvalue weighted by Crippen LogP contribution is -2.45. The number of hydrogen-bond donors (Lipinski definition) is 1. The van der Waals surface area contributed by atoms with Crippen LogP contribution in [0.5, 0.6) is 0 Å². The van der Waals surface area contributed by atoms with E-state index < -0.39 is 0 Å². The fraction of sp³-hybridized carbons (Fsp3) is 0.923. The summed E-state index contributed by atoms with van der Waals surface area (Å²) in [6.45, 7) is 4.23. The molecule has 16 heavy (non-hydrogen) atoms. The van der Waals surface area contributed by atoms with Gasteiger partial charge in [0.15, 0.2) is 0 Å². The molecule has 0 radical (unpaired) electrons. The van der Waals surface area contributed by atoms with Crippen LogP contribution in [0.4, 0.5) is 0 Å². The van der Waals surface area contributed by atoms with E-state index >= 15 is 0 Å². The lowest BCUT2D eigenvalue weighted by molar-refractivity contribution is -0.133. The summed E-state index contributed by atoms with van der Waals surface area (Å²) in [5, 5.41) is 3.42. The van der Waals surface area contributed by atoms with E-state index in [-0.39, 0.29) is 12.2 Å². The molecule has 2 aliphatic carbocycles. The number of nitrogens with zero attached hydrogens (tertiary/aromatic N) is 1. The van der Waals surface area contributed by atoms with Crippen molar-refractivity contribution >= 4 is 5.91 Å². The van der Waals surface area contributed by atoms with E-state index in [0.29, 0.717) is 11.9 Å². The highest BCUT2D eigenvalue weighted by molar-refractivity contribution is 5.84. The fourth-order valence-electron chi connectivity index (χ4n) is 4.11. The van der Waals surface area contributed by atoms with Crippen LogP contribution >= 0.6 is 0 Å². The Balaban J connectivity index is 1.77. The summed E-state index contributed by atoms with van der Waals surface area (Å²) < 4.78 is 0. The SMILES string of the molecule is CCC1NC(C)N(C2CC3CCC2C3)C1=O. The Morgan fingerprint density at radius 2 is 2.19 bits per heavy atom. The van der Waals surface area contributed by atoms with E-state index in [2.05, 4.69) is 24.1 Å². The number of rotatable bonds is 2. The van der Waals surface area contributed by atoms with Gasteiger partial charge in [-0.15, -0.1) is 0 Å². The van der Waals surface area contributed by atoms with Gasteiger partial charge in [-0.05, 0) is 44.4 Å². The largest absolute Gasteiger partial charge is 0.323 e. The monoisotopic (exact) mass is 222 g/mol. The Morgan fingerprint density at radius 1 is 1.38 bits per heavy atom. The van der Waals surface area contributed by atoms with Gasteiger partial charge in [0.1, 0.15) is 0 Å². The van der Waals surface area contributed by atoms with Crippen LogP contribution in [0.25, 0.3) is 0 Å². The molecule has 2 bridgehead atoms. The first-order valence-corrected chi connectivity index (χ1v) is 6.79. The maximum Gasteiger partial charge on any atom is 0.241 e. The average molecular weight is 222 g/mol. The second-order valence-electron chi connectivity index (χ2n) is 5.79. The van der Waals surface area contributed by atoms with Gasteiger partial charge in [-0.3, -0.25) is 10.1 Å². The molecule has 1 saturated heterocycles. The van der Waals surface area contributed by atoms with Gasteiger partial charge in [0, 0.05) is 6.04 Å². The minimum atomic E-state index is 0.0779. The molecule has 5 unspecified atom stereocenters. The van der Waals surface area contributed by atoms with Crippen LogP contribution < -0.4 is 5.32 Å². The van der Waals surface area contributed by atoms with Crippen molar-refractivity contribution in [3.8, 4) is 0 Å². The number of carbonyl (C=O) groups excluding carboxylic acids is 1. The molecular weight excluding hydrogens is 200 g/mol. The van der Waals surface area contributed by atoms with Gasteiger partial charge in [0.2, 0.25) is 5.91 Å². The second-order valence-corrected chi connectivity index (χ2v) is 5.79. The Kier molecular flexibility index (Phi) is 2.46. The number of fused-ring (bicyclic) bond motifs is 2. The first-order valence-electron chi connectivity index (χ1n) is 6.79. The normalized spacial score (nSPS) is 47.0. The highest BCUT2D eigenvalue weighted by Crippen LogP contribution is 2.47. The Hall–Kier alpha value is -0.570. The molecule has 5 atom stereocenters. The summed E-state index contributed by atoms with van der Waals surface area (Å²) in [5.41, 5.74) is 0. The van der Waals surface area contributed by atoms with Gasteiger partial charge in [-0.25, -0.2) is 0 Å². The number of amides is 1. The highest BCUT2D eigenvalue weighted by atomic mass is 16.2. The average Bonchev–Trinajstić information content (AvgIpc) is 2.92. The summed E-state index contributed by atoms with van der Waals surface area (Å²) in [7, 11) is 0. The minimum absolute atomic E-state index is 0.0779. The molecule has 1 amide bonds. The standard InChI is InChI=1S/C13H22N2O/c1-3-11-13(16)15(8(2)14-11)12-7-9-4-5-10(12)6-9/h8-12,14H,3-7H2,1-2H3. The van der Waals surface area contributed by atoms with Crippen LogP contribution in [0.2, 0.25) is 0 Å². The molecule has 0 aromatic heterocycles. The summed E-state index contributed by atoms with van der Waals surface area (Å²) in [4.78, 5) is 14.4. The maximum absolute atomic E-state index is 12.3. The lowest BCUT2D eigenvalue weighted by Gasteiger charge is -2.34. The number of nitrogens with one attached hydrogen (secondary N) is 1. The second kappa shape index (κ2) is 3.73. The third kappa shape index (κ3) is 1.41. The molecule has 3 nitrogen and oxygen atoms in total. The molecule has 1 heterocycles. The van der Waals surface area contributed by atoms with Gasteiger partial charge in [-0.1, -0.05) is 13.3 Å². The van der Waals surface area contributed by atoms with Crippen LogP contribution in [0.1, 0.15) is 46.0 Å². The number of hydrogen-bond acceptors (Lipinski definition) is 2. The molecule has 3 heteroatoms. The highest BCUT2D eigenvalue weighted by Gasteiger charge is 2.48. The smallest absolute Gasteiger partial charge is 0.241 e. The molecule has 3 rings (SSSR count). The zero-order valence-corrected chi connectivity index (χ0v) is 10.3. The Morgan fingerprint density at radius 3 is 2.69 bits per heavy atom. The van der Waals surface area contributed by atoms with Crippen LogP contribution in [0, 0.1) is 11.8 Å². The zero-order chi connectivity index (χ0) is 11.3. The van der Waals surface area contributed by atoms with Gasteiger partial charge in [-0.2, -0.15) is 0 Å². The quantitative estimate of drug-likeness (QED) is 0.771. The molecule has 1 aliphatic heterocycles. The van der Waals surface area contributed by atoms with Crippen LogP contribution in [0.3, 0.4) is 0 Å². The molecule has 0 spiro atoms. The molecular formula is C13H22N2O. The van der Waals surface area contributed by atoms with Crippen LogP contribution in [-0.4, -0.2) is 29.1 Å². The van der Waals surface area contributed by atoms with Crippen molar-refractivity contribution in [2.24, 2.45) is 11.8 Å². The summed E-state index contributed by atoms with van der Waals surface area (Å²) in [6.07, 6.45) is 6.56. The third-order valence-electron chi connectivity index (χ3n) is 4.88. The summed E-state index contributed by atoms with van der Waals surface area (Å²) in [6, 6.07) is 0.624. The molecule has 90 valence electrons. The Labute approximate surface area is 97.6 Å². The molecule has 0 aromatic carbocycles. The van der Waals surface area contributed by atoms with E-state index in [1.165, 1.54) is 25.7 Å². The topological polar surface area (TPSA) is 32.3 Å². The molecule has 2 saturated carbocycles. The predicted molar refractivity (Wildman–Crippen MR) is 62.8 cm³/mol. The van der Waals surface area contributed by atoms with Gasteiger partial charge < -0.3 is 4.90 Å². The van der Waals surface area contributed by atoms with Crippen molar-refractivity contribution in [2.45, 2.75) is 64.2 Å². The van der Waals surface area contributed by atoms with E-state index in [4.69, 9.17) is 0 Å². The third-order valence-corrected chi connectivity index (χ3v) is 4.88. The summed E-state index contributed by atoms with van der Waals surface area (Å²) >= 11 is 0. The molecule has 0 aromatic rings. The first-order chi connectivity index (χ1) is 7.70. The zero-order valence-electron chi connectivity index (χ0n) is 10.3. The molecule has 3 aliphatic rings. The van der Waals surface area contributed by atoms with Crippen molar-refractivity contribution in [1.82, 2.24) is 10.2 Å². The Bertz CT molecular complexity index is 304. The van der Waals surface area contributed by atoms with Crippen molar-refractivity contribution in [1.29, 1.82) is 0 Å². The molecule has 1 N–H and O–H groups in total. The van der Waals surface area contributed by atoms with Crippen molar-refractivity contribution in [3.63, 3.8) is 0 Å². The van der Waals surface area contributed by atoms with Gasteiger partial charge in [0.25, 0.3) is 0 Å². The first kappa shape index (κ1) is 10.6. The molecule has 3 fully saturated rings. The van der Waals surface area contributed by atoms with Gasteiger partial charge >= 0.3 is 0 Å². The van der Waals surface area contributed by atoms with E-state index in [1.807, 2.05) is 0 Å². The van der Waals surface area contributed by atoms with Crippen LogP contribution in [-0.2, 0) is 4.79 Å². The van der Waals surface area contributed by atoms with E-state index in [1.54, 1.807) is 0 Å². The fourth-order valence-corrected chi connectivity index (χ4v) is 4.11. The van der Waals surface area contributed by atoms with Crippen molar-refractivity contribution in [3.05, 3.63) is 0 Å². The lowest BCUT2D eigenvalue weighted by atomic mass is 9.93. The minimum Gasteiger partial charge on any atom is -0.323 e. The number of carbonyl (C=O) groups is 1. The van der Waals surface area contributed by atoms with Crippen molar-refractivity contribution < 1.29 is 4.79 Å². The van der Waals surface area contributed by atoms with E-state index in [9.17, 15) is 4.79 Å². The van der Waals surface area contributed by atoms with Gasteiger partial charge in [0.05, 0.1) is 12.2 Å². The van der Waals surface area contributed by atoms with E-state index in [0.717, 1.165) is 18.3 Å². The van der Waals surface area contributed by atoms with Crippen molar-refractivity contribution in [2.75, 3.05) is 0 Å². The summed E-state index contributed by atoms with van der Waals surface area (Å²) in [5.74, 6) is 2.07.